The molecule has 1 amide bonds. The van der Waals surface area contributed by atoms with Crippen LogP contribution in [0.25, 0.3) is 0 Å². The van der Waals surface area contributed by atoms with E-state index in [9.17, 15) is 4.79 Å². The summed E-state index contributed by atoms with van der Waals surface area (Å²) in [6, 6.07) is 5.83. The minimum absolute atomic E-state index is 0.220. The molecule has 0 saturated carbocycles. The Morgan fingerprint density at radius 3 is 2.45 bits per heavy atom. The van der Waals surface area contributed by atoms with Crippen LogP contribution in [-0.4, -0.2) is 75.4 Å². The second kappa shape index (κ2) is 11.1. The number of piperidine rings is 1. The summed E-state index contributed by atoms with van der Waals surface area (Å²) in [6.45, 7) is 8.60. The lowest BCUT2D eigenvalue weighted by Gasteiger charge is -2.34. The number of aliphatic imine (C=N–C) groups is 1. The van der Waals surface area contributed by atoms with Crippen LogP contribution in [0, 0.1) is 5.92 Å². The van der Waals surface area contributed by atoms with Crippen molar-refractivity contribution in [3.8, 4) is 11.5 Å². The molecule has 0 bridgehead atoms. The van der Waals surface area contributed by atoms with Gasteiger partial charge in [-0.2, -0.15) is 0 Å². The molecular formula is C23H38N4O4. The Kier molecular flexibility index (Phi) is 8.83. The number of nitrogens with one attached hydrogen (secondary N) is 1. The fourth-order valence-corrected chi connectivity index (χ4v) is 3.58. The second-order valence-corrected chi connectivity index (χ2v) is 8.87. The van der Waals surface area contributed by atoms with Gasteiger partial charge in [0.25, 0.3) is 0 Å². The van der Waals surface area contributed by atoms with Crippen LogP contribution in [0.3, 0.4) is 0 Å². The Bertz CT molecular complexity index is 752. The summed E-state index contributed by atoms with van der Waals surface area (Å²) in [5, 5.41) is 3.48. The molecule has 2 rings (SSSR count). The number of hydrogen-bond donors (Lipinski definition) is 1. The quantitative estimate of drug-likeness (QED) is 0.547. The number of ether oxygens (including phenoxy) is 3. The molecule has 1 aromatic rings. The molecule has 31 heavy (non-hydrogen) atoms. The molecule has 1 aliphatic heterocycles. The Morgan fingerprint density at radius 1 is 1.23 bits per heavy atom. The standard InChI is InChI=1S/C23H38N4O4/c1-23(2,3)31-22(28)27-12-10-17(11-13-27)15-25-21(24-4)26(5)16-18-8-9-19(29-6)14-20(18)30-7/h8-9,14,17H,10-13,15-16H2,1-7H3,(H,24,25). The number of likely N-dealkylation sites (tertiary alicyclic amines) is 1. The number of carbonyl (C=O) groups is 1. The van der Waals surface area contributed by atoms with E-state index in [1.807, 2.05) is 46.0 Å². The number of guanidine groups is 1. The summed E-state index contributed by atoms with van der Waals surface area (Å²) in [5.74, 6) is 2.87. The third-order valence-electron chi connectivity index (χ3n) is 5.29. The van der Waals surface area contributed by atoms with Gasteiger partial charge in [0.2, 0.25) is 0 Å². The molecule has 1 aromatic carbocycles. The summed E-state index contributed by atoms with van der Waals surface area (Å²) in [6.07, 6.45) is 1.67. The zero-order chi connectivity index (χ0) is 23.0. The fraction of sp³-hybridized carbons (Fsp3) is 0.652. The summed E-state index contributed by atoms with van der Waals surface area (Å²) < 4.78 is 16.3. The predicted molar refractivity (Wildman–Crippen MR) is 123 cm³/mol. The maximum atomic E-state index is 12.2. The van der Waals surface area contributed by atoms with Gasteiger partial charge < -0.3 is 29.3 Å². The largest absolute Gasteiger partial charge is 0.497 e. The molecule has 0 atom stereocenters. The van der Waals surface area contributed by atoms with Gasteiger partial charge in [-0.1, -0.05) is 0 Å². The highest BCUT2D eigenvalue weighted by atomic mass is 16.6. The van der Waals surface area contributed by atoms with Gasteiger partial charge in [0.1, 0.15) is 17.1 Å². The molecule has 1 aliphatic rings. The van der Waals surface area contributed by atoms with E-state index in [2.05, 4.69) is 15.2 Å². The molecule has 0 radical (unpaired) electrons. The minimum Gasteiger partial charge on any atom is -0.497 e. The lowest BCUT2D eigenvalue weighted by atomic mass is 9.97. The van der Waals surface area contributed by atoms with Crippen molar-refractivity contribution in [2.45, 2.75) is 45.8 Å². The summed E-state index contributed by atoms with van der Waals surface area (Å²) in [5.41, 5.74) is 0.596. The van der Waals surface area contributed by atoms with Crippen molar-refractivity contribution in [1.29, 1.82) is 0 Å². The van der Waals surface area contributed by atoms with Gasteiger partial charge in [-0.25, -0.2) is 4.79 Å². The van der Waals surface area contributed by atoms with Crippen molar-refractivity contribution >= 4 is 12.1 Å². The number of methoxy groups -OCH3 is 2. The first-order chi connectivity index (χ1) is 14.7. The first-order valence-corrected chi connectivity index (χ1v) is 10.8. The van der Waals surface area contributed by atoms with Crippen LogP contribution in [0.15, 0.2) is 23.2 Å². The van der Waals surface area contributed by atoms with Crippen molar-refractivity contribution < 1.29 is 19.0 Å². The molecule has 174 valence electrons. The van der Waals surface area contributed by atoms with Crippen molar-refractivity contribution in [2.24, 2.45) is 10.9 Å². The van der Waals surface area contributed by atoms with Crippen LogP contribution in [0.2, 0.25) is 0 Å². The maximum absolute atomic E-state index is 12.2. The van der Waals surface area contributed by atoms with Gasteiger partial charge in [0.15, 0.2) is 5.96 Å². The molecule has 0 spiro atoms. The SMILES string of the molecule is CN=C(NCC1CCN(C(=O)OC(C)(C)C)CC1)N(C)Cc1ccc(OC)cc1OC. The summed E-state index contributed by atoms with van der Waals surface area (Å²) >= 11 is 0. The fourth-order valence-electron chi connectivity index (χ4n) is 3.58. The molecule has 1 N–H and O–H groups in total. The topological polar surface area (TPSA) is 75.6 Å². The Morgan fingerprint density at radius 2 is 1.90 bits per heavy atom. The van der Waals surface area contributed by atoms with Gasteiger partial charge in [-0.15, -0.1) is 0 Å². The van der Waals surface area contributed by atoms with E-state index in [-0.39, 0.29) is 6.09 Å². The van der Waals surface area contributed by atoms with Crippen LogP contribution < -0.4 is 14.8 Å². The number of amides is 1. The third-order valence-corrected chi connectivity index (χ3v) is 5.29. The van der Waals surface area contributed by atoms with Gasteiger partial charge in [0.05, 0.1) is 14.2 Å². The minimum atomic E-state index is -0.459. The smallest absolute Gasteiger partial charge is 0.410 e. The number of hydrogen-bond acceptors (Lipinski definition) is 5. The molecule has 8 heteroatoms. The molecule has 0 unspecified atom stereocenters. The molecule has 0 aromatic heterocycles. The van der Waals surface area contributed by atoms with E-state index >= 15 is 0 Å². The molecular weight excluding hydrogens is 396 g/mol. The van der Waals surface area contributed by atoms with E-state index in [0.29, 0.717) is 12.5 Å². The number of carbonyl (C=O) groups excluding carboxylic acids is 1. The van der Waals surface area contributed by atoms with E-state index in [1.165, 1.54) is 0 Å². The Hall–Kier alpha value is -2.64. The molecule has 8 nitrogen and oxygen atoms in total. The third kappa shape index (κ3) is 7.52. The van der Waals surface area contributed by atoms with Gasteiger partial charge in [-0.3, -0.25) is 4.99 Å². The van der Waals surface area contributed by atoms with Crippen LogP contribution in [0.4, 0.5) is 4.79 Å². The highest BCUT2D eigenvalue weighted by Crippen LogP contribution is 2.25. The molecule has 1 saturated heterocycles. The molecule has 0 aliphatic carbocycles. The maximum Gasteiger partial charge on any atom is 0.410 e. The first-order valence-electron chi connectivity index (χ1n) is 10.8. The van der Waals surface area contributed by atoms with E-state index in [4.69, 9.17) is 14.2 Å². The predicted octanol–water partition coefficient (Wildman–Crippen LogP) is 3.36. The summed E-state index contributed by atoms with van der Waals surface area (Å²) in [7, 11) is 7.10. The first kappa shape index (κ1) is 24.6. The van der Waals surface area contributed by atoms with Crippen molar-refractivity contribution in [3.63, 3.8) is 0 Å². The van der Waals surface area contributed by atoms with Crippen LogP contribution in [0.5, 0.6) is 11.5 Å². The Balaban J connectivity index is 1.84. The van der Waals surface area contributed by atoms with Crippen LogP contribution >= 0.6 is 0 Å². The second-order valence-electron chi connectivity index (χ2n) is 8.87. The lowest BCUT2D eigenvalue weighted by molar-refractivity contribution is 0.0185. The molecule has 1 fully saturated rings. The highest BCUT2D eigenvalue weighted by Gasteiger charge is 2.27. The molecule has 1 heterocycles. The van der Waals surface area contributed by atoms with Crippen molar-refractivity contribution in [1.82, 2.24) is 15.1 Å². The van der Waals surface area contributed by atoms with Crippen molar-refractivity contribution in [3.05, 3.63) is 23.8 Å². The van der Waals surface area contributed by atoms with Crippen molar-refractivity contribution in [2.75, 3.05) is 47.9 Å². The number of benzene rings is 1. The zero-order valence-corrected chi connectivity index (χ0v) is 20.0. The van der Waals surface area contributed by atoms with Gasteiger partial charge in [-0.05, 0) is 51.7 Å². The average molecular weight is 435 g/mol. The van der Waals surface area contributed by atoms with Crippen LogP contribution in [-0.2, 0) is 11.3 Å². The highest BCUT2D eigenvalue weighted by molar-refractivity contribution is 5.79. The number of rotatable bonds is 6. The summed E-state index contributed by atoms with van der Waals surface area (Å²) in [4.78, 5) is 20.5. The number of nitrogens with zero attached hydrogens (tertiary/aromatic N) is 3. The van der Waals surface area contributed by atoms with E-state index in [1.54, 1.807) is 26.2 Å². The van der Waals surface area contributed by atoms with Gasteiger partial charge >= 0.3 is 6.09 Å². The average Bonchev–Trinajstić information content (AvgIpc) is 2.73. The Labute approximate surface area is 186 Å². The normalized spacial score (nSPS) is 15.5. The van der Waals surface area contributed by atoms with Gasteiger partial charge in [0, 0.05) is 51.9 Å². The van der Waals surface area contributed by atoms with E-state index < -0.39 is 5.60 Å². The lowest BCUT2D eigenvalue weighted by Crippen LogP contribution is -2.45. The van der Waals surface area contributed by atoms with Crippen LogP contribution in [0.1, 0.15) is 39.2 Å². The zero-order valence-electron chi connectivity index (χ0n) is 20.0. The van der Waals surface area contributed by atoms with E-state index in [0.717, 1.165) is 55.5 Å². The monoisotopic (exact) mass is 434 g/mol.